The van der Waals surface area contributed by atoms with Crippen molar-refractivity contribution < 1.29 is 8.91 Å². The highest BCUT2D eigenvalue weighted by Crippen LogP contribution is 2.36. The number of aryl methyl sites for hydroxylation is 1. The summed E-state index contributed by atoms with van der Waals surface area (Å²) in [4.78, 5) is 0. The average molecular weight is 264 g/mol. The zero-order chi connectivity index (χ0) is 13.3. The highest BCUT2D eigenvalue weighted by molar-refractivity contribution is 6.33. The highest BCUT2D eigenvalue weighted by atomic mass is 35.5. The first-order valence-corrected chi connectivity index (χ1v) is 5.66. The molecule has 2 aromatic rings. The Bertz CT molecular complexity index is 610. The molecule has 0 aliphatic heterocycles. The van der Waals surface area contributed by atoms with E-state index >= 15 is 0 Å². The molecule has 0 unspecified atom stereocenters. The van der Waals surface area contributed by atoms with Crippen LogP contribution in [0.2, 0.25) is 5.02 Å². The standard InChI is InChI=1S/C14H11ClFNO/c1-4-8(2)12-9(3)18-17-14(12)13-10(15)6-5-7-11(13)16/h4-7H,1-2H2,3H3. The topological polar surface area (TPSA) is 26.0 Å². The van der Waals surface area contributed by atoms with Crippen molar-refractivity contribution in [2.45, 2.75) is 6.92 Å². The van der Waals surface area contributed by atoms with Crippen molar-refractivity contribution in [1.82, 2.24) is 5.16 Å². The van der Waals surface area contributed by atoms with Gasteiger partial charge in [0.2, 0.25) is 0 Å². The van der Waals surface area contributed by atoms with Gasteiger partial charge in [-0.1, -0.05) is 42.1 Å². The Kier molecular flexibility index (Phi) is 3.34. The summed E-state index contributed by atoms with van der Waals surface area (Å²) in [5, 5.41) is 4.15. The van der Waals surface area contributed by atoms with Crippen molar-refractivity contribution in [3.8, 4) is 11.3 Å². The van der Waals surface area contributed by atoms with Gasteiger partial charge in [-0.3, -0.25) is 0 Å². The summed E-state index contributed by atoms with van der Waals surface area (Å²) >= 11 is 6.02. The van der Waals surface area contributed by atoms with Crippen molar-refractivity contribution in [3.05, 3.63) is 59.6 Å². The first kappa shape index (κ1) is 12.6. The molecule has 0 bridgehead atoms. The summed E-state index contributed by atoms with van der Waals surface area (Å²) in [6.45, 7) is 9.21. The van der Waals surface area contributed by atoms with Crippen LogP contribution in [-0.4, -0.2) is 5.16 Å². The second-order valence-corrected chi connectivity index (χ2v) is 4.20. The second kappa shape index (κ2) is 4.78. The average Bonchev–Trinajstić information content (AvgIpc) is 2.70. The summed E-state index contributed by atoms with van der Waals surface area (Å²) in [7, 11) is 0. The molecule has 0 aliphatic rings. The van der Waals surface area contributed by atoms with Gasteiger partial charge in [0.25, 0.3) is 0 Å². The number of benzene rings is 1. The van der Waals surface area contributed by atoms with Crippen molar-refractivity contribution in [2.75, 3.05) is 0 Å². The molecular formula is C14H11ClFNO. The molecule has 1 aromatic heterocycles. The summed E-state index contributed by atoms with van der Waals surface area (Å²) in [5.74, 6) is 0.100. The first-order valence-electron chi connectivity index (χ1n) is 5.28. The minimum Gasteiger partial charge on any atom is -0.360 e. The van der Waals surface area contributed by atoms with Gasteiger partial charge in [-0.05, 0) is 24.6 Å². The number of aromatic nitrogens is 1. The molecule has 0 amide bonds. The van der Waals surface area contributed by atoms with E-state index in [1.165, 1.54) is 12.1 Å². The Balaban J connectivity index is 2.73. The predicted molar refractivity (Wildman–Crippen MR) is 70.9 cm³/mol. The Morgan fingerprint density at radius 2 is 2.22 bits per heavy atom. The number of halogens is 2. The molecule has 0 fully saturated rings. The Morgan fingerprint density at radius 1 is 1.50 bits per heavy atom. The van der Waals surface area contributed by atoms with Gasteiger partial charge in [0.05, 0.1) is 16.1 Å². The molecule has 0 radical (unpaired) electrons. The molecule has 2 nitrogen and oxygen atoms in total. The summed E-state index contributed by atoms with van der Waals surface area (Å²) < 4.78 is 19.0. The maximum absolute atomic E-state index is 13.9. The molecule has 0 atom stereocenters. The molecular weight excluding hydrogens is 253 g/mol. The van der Waals surface area contributed by atoms with Crippen LogP contribution in [0, 0.1) is 12.7 Å². The number of allylic oxidation sites excluding steroid dienone is 2. The van der Waals surface area contributed by atoms with Gasteiger partial charge in [-0.2, -0.15) is 0 Å². The zero-order valence-electron chi connectivity index (χ0n) is 9.84. The van der Waals surface area contributed by atoms with Gasteiger partial charge in [0.15, 0.2) is 0 Å². The molecule has 18 heavy (non-hydrogen) atoms. The Hall–Kier alpha value is -1.87. The van der Waals surface area contributed by atoms with E-state index in [4.69, 9.17) is 16.1 Å². The van der Waals surface area contributed by atoms with E-state index in [1.807, 2.05) is 0 Å². The predicted octanol–water partition coefficient (Wildman–Crippen LogP) is 4.64. The third kappa shape index (κ3) is 1.97. The molecule has 0 saturated carbocycles. The fourth-order valence-corrected chi connectivity index (χ4v) is 2.00. The third-order valence-electron chi connectivity index (χ3n) is 2.63. The highest BCUT2D eigenvalue weighted by Gasteiger charge is 2.20. The smallest absolute Gasteiger partial charge is 0.142 e. The van der Waals surface area contributed by atoms with Crippen LogP contribution in [-0.2, 0) is 0 Å². The van der Waals surface area contributed by atoms with E-state index < -0.39 is 5.82 Å². The number of nitrogens with zero attached hydrogens (tertiary/aromatic N) is 1. The van der Waals surface area contributed by atoms with E-state index in [2.05, 4.69) is 18.3 Å². The lowest BCUT2D eigenvalue weighted by Crippen LogP contribution is -1.90. The SMILES string of the molecule is C=CC(=C)c1c(-c2c(F)cccc2Cl)noc1C. The number of hydrogen-bond donors (Lipinski definition) is 0. The van der Waals surface area contributed by atoms with Crippen LogP contribution in [0.5, 0.6) is 0 Å². The van der Waals surface area contributed by atoms with Crippen LogP contribution in [0.15, 0.2) is 42.0 Å². The lowest BCUT2D eigenvalue weighted by molar-refractivity contribution is 0.399. The lowest BCUT2D eigenvalue weighted by atomic mass is 10.0. The van der Waals surface area contributed by atoms with E-state index in [0.717, 1.165) is 0 Å². The van der Waals surface area contributed by atoms with Crippen molar-refractivity contribution in [3.63, 3.8) is 0 Å². The molecule has 92 valence electrons. The van der Waals surface area contributed by atoms with Crippen LogP contribution in [0.1, 0.15) is 11.3 Å². The molecule has 2 rings (SSSR count). The van der Waals surface area contributed by atoms with Crippen LogP contribution in [0.25, 0.3) is 16.8 Å². The second-order valence-electron chi connectivity index (χ2n) is 3.79. The van der Waals surface area contributed by atoms with E-state index in [-0.39, 0.29) is 10.6 Å². The maximum Gasteiger partial charge on any atom is 0.142 e. The van der Waals surface area contributed by atoms with Crippen LogP contribution >= 0.6 is 11.6 Å². The number of hydrogen-bond acceptors (Lipinski definition) is 2. The largest absolute Gasteiger partial charge is 0.360 e. The monoisotopic (exact) mass is 263 g/mol. The zero-order valence-corrected chi connectivity index (χ0v) is 10.6. The quantitative estimate of drug-likeness (QED) is 0.754. The fourth-order valence-electron chi connectivity index (χ4n) is 1.75. The minimum absolute atomic E-state index is 0.217. The number of rotatable bonds is 3. The van der Waals surface area contributed by atoms with Crippen molar-refractivity contribution >= 4 is 17.2 Å². The first-order chi connectivity index (χ1) is 8.56. The van der Waals surface area contributed by atoms with Gasteiger partial charge in [-0.25, -0.2) is 4.39 Å². The molecule has 4 heteroatoms. The summed E-state index contributed by atoms with van der Waals surface area (Å²) in [6, 6.07) is 4.46. The minimum atomic E-state index is -0.450. The molecule has 1 aromatic carbocycles. The van der Waals surface area contributed by atoms with Gasteiger partial charge >= 0.3 is 0 Å². The molecule has 0 saturated heterocycles. The molecule has 0 aliphatic carbocycles. The molecule has 0 N–H and O–H groups in total. The van der Waals surface area contributed by atoms with Crippen molar-refractivity contribution in [2.24, 2.45) is 0 Å². The van der Waals surface area contributed by atoms with Crippen LogP contribution < -0.4 is 0 Å². The normalized spacial score (nSPS) is 10.4. The van der Waals surface area contributed by atoms with Gasteiger partial charge < -0.3 is 4.52 Å². The maximum atomic E-state index is 13.9. The summed E-state index contributed by atoms with van der Waals surface area (Å²) in [5.41, 5.74) is 1.80. The lowest BCUT2D eigenvalue weighted by Gasteiger charge is -2.05. The third-order valence-corrected chi connectivity index (χ3v) is 2.94. The Labute approximate surface area is 109 Å². The van der Waals surface area contributed by atoms with E-state index in [0.29, 0.717) is 22.6 Å². The van der Waals surface area contributed by atoms with E-state index in [9.17, 15) is 4.39 Å². The van der Waals surface area contributed by atoms with Gasteiger partial charge in [-0.15, -0.1) is 0 Å². The van der Waals surface area contributed by atoms with Crippen LogP contribution in [0.4, 0.5) is 4.39 Å². The molecule has 1 heterocycles. The van der Waals surface area contributed by atoms with Gasteiger partial charge in [0, 0.05) is 0 Å². The van der Waals surface area contributed by atoms with E-state index in [1.54, 1.807) is 19.1 Å². The Morgan fingerprint density at radius 3 is 2.83 bits per heavy atom. The fraction of sp³-hybridized carbons (Fsp3) is 0.0714. The summed E-state index contributed by atoms with van der Waals surface area (Å²) in [6.07, 6.45) is 1.57. The van der Waals surface area contributed by atoms with Gasteiger partial charge in [0.1, 0.15) is 17.3 Å². The van der Waals surface area contributed by atoms with Crippen LogP contribution in [0.3, 0.4) is 0 Å². The van der Waals surface area contributed by atoms with Crippen molar-refractivity contribution in [1.29, 1.82) is 0 Å². The molecule has 0 spiro atoms.